The fourth-order valence-corrected chi connectivity index (χ4v) is 2.90. The van der Waals surface area contributed by atoms with Gasteiger partial charge < -0.3 is 14.4 Å². The van der Waals surface area contributed by atoms with Crippen LogP contribution in [0, 0.1) is 11.3 Å². The van der Waals surface area contributed by atoms with Crippen LogP contribution in [-0.4, -0.2) is 37.7 Å². The van der Waals surface area contributed by atoms with Crippen LogP contribution in [0.25, 0.3) is 0 Å². The van der Waals surface area contributed by atoms with E-state index in [1.54, 1.807) is 30.2 Å². The number of nitriles is 1. The molecule has 0 aliphatic heterocycles. The normalized spacial score (nSPS) is 10.2. The van der Waals surface area contributed by atoms with Crippen LogP contribution >= 0.6 is 15.9 Å². The molecule has 2 rings (SSSR count). The molecule has 26 heavy (non-hydrogen) atoms. The van der Waals surface area contributed by atoms with E-state index in [-0.39, 0.29) is 12.3 Å². The summed E-state index contributed by atoms with van der Waals surface area (Å²) in [5, 5.41) is 8.89. The highest BCUT2D eigenvalue weighted by atomic mass is 79.9. The summed E-state index contributed by atoms with van der Waals surface area (Å²) in [5.41, 5.74) is 1.57. The van der Waals surface area contributed by atoms with E-state index in [9.17, 15) is 4.79 Å². The largest absolute Gasteiger partial charge is 0.490 e. The van der Waals surface area contributed by atoms with E-state index in [1.807, 2.05) is 30.3 Å². The molecule has 1 amide bonds. The van der Waals surface area contributed by atoms with Gasteiger partial charge in [0.15, 0.2) is 0 Å². The monoisotopic (exact) mass is 416 g/mol. The minimum absolute atomic E-state index is 0.117. The van der Waals surface area contributed by atoms with Gasteiger partial charge in [-0.25, -0.2) is 0 Å². The number of nitrogens with zero attached hydrogens (tertiary/aromatic N) is 2. The van der Waals surface area contributed by atoms with Crippen LogP contribution in [0.5, 0.6) is 5.75 Å². The van der Waals surface area contributed by atoms with Crippen molar-refractivity contribution < 1.29 is 14.3 Å². The Morgan fingerprint density at radius 3 is 2.62 bits per heavy atom. The maximum Gasteiger partial charge on any atom is 0.254 e. The van der Waals surface area contributed by atoms with Gasteiger partial charge in [0.2, 0.25) is 0 Å². The number of benzene rings is 2. The average molecular weight is 417 g/mol. The van der Waals surface area contributed by atoms with Crippen molar-refractivity contribution in [3.63, 3.8) is 0 Å². The van der Waals surface area contributed by atoms with Gasteiger partial charge in [-0.2, -0.15) is 5.26 Å². The predicted octanol–water partition coefficient (Wildman–Crippen LogP) is 4.03. The van der Waals surface area contributed by atoms with Crippen molar-refractivity contribution in [2.45, 2.75) is 13.0 Å². The third-order valence-electron chi connectivity index (χ3n) is 3.72. The summed E-state index contributed by atoms with van der Waals surface area (Å²) in [6.45, 7) is 1.77. The number of carbonyl (C=O) groups is 1. The highest BCUT2D eigenvalue weighted by Crippen LogP contribution is 2.27. The number of ether oxygens (including phenoxy) is 2. The Kier molecular flexibility index (Phi) is 8.13. The maximum absolute atomic E-state index is 12.9. The van der Waals surface area contributed by atoms with Crippen LogP contribution in [0.3, 0.4) is 0 Å². The summed E-state index contributed by atoms with van der Waals surface area (Å²) in [7, 11) is 1.61. The van der Waals surface area contributed by atoms with Gasteiger partial charge in [0.05, 0.1) is 23.6 Å². The molecule has 0 atom stereocenters. The van der Waals surface area contributed by atoms with E-state index in [0.717, 1.165) is 5.56 Å². The molecule has 0 unspecified atom stereocenters. The van der Waals surface area contributed by atoms with Gasteiger partial charge in [-0.05, 0) is 39.7 Å². The minimum atomic E-state index is -0.117. The zero-order valence-corrected chi connectivity index (χ0v) is 16.2. The van der Waals surface area contributed by atoms with Crippen LogP contribution in [0.4, 0.5) is 0 Å². The summed E-state index contributed by atoms with van der Waals surface area (Å²) in [6, 6.07) is 17.1. The van der Waals surface area contributed by atoms with Gasteiger partial charge in [0, 0.05) is 25.8 Å². The molecule has 136 valence electrons. The summed E-state index contributed by atoms with van der Waals surface area (Å²) in [5.74, 6) is 0.540. The number of hydrogen-bond acceptors (Lipinski definition) is 4. The zero-order chi connectivity index (χ0) is 18.8. The molecular weight excluding hydrogens is 396 g/mol. The van der Waals surface area contributed by atoms with Crippen molar-refractivity contribution >= 4 is 21.8 Å². The fraction of sp³-hybridized carbons (Fsp3) is 0.300. The molecule has 6 heteroatoms. The van der Waals surface area contributed by atoms with Gasteiger partial charge >= 0.3 is 0 Å². The second kappa shape index (κ2) is 10.6. The van der Waals surface area contributed by atoms with Crippen LogP contribution in [0.2, 0.25) is 0 Å². The Morgan fingerprint density at radius 2 is 1.96 bits per heavy atom. The highest BCUT2D eigenvalue weighted by Gasteiger charge is 2.17. The van der Waals surface area contributed by atoms with Crippen LogP contribution in [0.15, 0.2) is 53.0 Å². The number of halogens is 1. The Labute approximate surface area is 162 Å². The molecule has 0 saturated carbocycles. The van der Waals surface area contributed by atoms with Gasteiger partial charge in [-0.15, -0.1) is 0 Å². The molecule has 2 aromatic rings. The first kappa shape index (κ1) is 20.0. The van der Waals surface area contributed by atoms with Crippen molar-refractivity contribution in [1.29, 1.82) is 5.26 Å². The van der Waals surface area contributed by atoms with E-state index < -0.39 is 0 Å². The number of methoxy groups -OCH3 is 1. The Hall–Kier alpha value is -2.36. The maximum atomic E-state index is 12.9. The molecule has 0 N–H and O–H groups in total. The molecule has 5 nitrogen and oxygen atoms in total. The molecule has 2 aromatic carbocycles. The van der Waals surface area contributed by atoms with Crippen LogP contribution in [0.1, 0.15) is 22.3 Å². The lowest BCUT2D eigenvalue weighted by atomic mass is 10.1. The van der Waals surface area contributed by atoms with Gasteiger partial charge in [-0.3, -0.25) is 4.79 Å². The topological polar surface area (TPSA) is 62.6 Å². The van der Waals surface area contributed by atoms with Crippen molar-refractivity contribution in [3.8, 4) is 11.8 Å². The quantitative estimate of drug-likeness (QED) is 0.578. The predicted molar refractivity (Wildman–Crippen MR) is 103 cm³/mol. The summed E-state index contributed by atoms with van der Waals surface area (Å²) >= 11 is 3.45. The first-order valence-electron chi connectivity index (χ1n) is 8.27. The average Bonchev–Trinajstić information content (AvgIpc) is 2.66. The van der Waals surface area contributed by atoms with Crippen molar-refractivity contribution in [2.24, 2.45) is 0 Å². The second-order valence-electron chi connectivity index (χ2n) is 5.61. The molecular formula is C20H21BrN2O3. The first-order valence-corrected chi connectivity index (χ1v) is 9.06. The number of rotatable bonds is 9. The summed E-state index contributed by atoms with van der Waals surface area (Å²) in [6.07, 6.45) is 0.290. The molecule has 0 fully saturated rings. The van der Waals surface area contributed by atoms with Crippen molar-refractivity contribution in [3.05, 3.63) is 64.1 Å². The van der Waals surface area contributed by atoms with Crippen LogP contribution < -0.4 is 4.74 Å². The highest BCUT2D eigenvalue weighted by molar-refractivity contribution is 9.10. The van der Waals surface area contributed by atoms with Gasteiger partial charge in [-0.1, -0.05) is 30.3 Å². The minimum Gasteiger partial charge on any atom is -0.490 e. The smallest absolute Gasteiger partial charge is 0.254 e. The van der Waals surface area contributed by atoms with E-state index in [2.05, 4.69) is 22.0 Å². The standard InChI is InChI=1S/C20H21BrN2O3/c1-25-12-13-26-19-9-8-17(14-18(19)21)20(24)23(11-5-10-22)15-16-6-3-2-4-7-16/h2-4,6-9,14H,5,11-13,15H2,1H3. The van der Waals surface area contributed by atoms with E-state index in [4.69, 9.17) is 14.7 Å². The van der Waals surface area contributed by atoms with Gasteiger partial charge in [0.1, 0.15) is 12.4 Å². The second-order valence-corrected chi connectivity index (χ2v) is 6.46. The molecule has 0 spiro atoms. The van der Waals surface area contributed by atoms with Gasteiger partial charge in [0.25, 0.3) is 5.91 Å². The lowest BCUT2D eigenvalue weighted by Gasteiger charge is -2.22. The third-order valence-corrected chi connectivity index (χ3v) is 4.34. The fourth-order valence-electron chi connectivity index (χ4n) is 2.41. The number of carbonyl (C=O) groups excluding carboxylic acids is 1. The van der Waals surface area contributed by atoms with Crippen LogP contribution in [-0.2, 0) is 11.3 Å². The van der Waals surface area contributed by atoms with Crippen molar-refractivity contribution in [1.82, 2.24) is 4.90 Å². The molecule has 0 heterocycles. The lowest BCUT2D eigenvalue weighted by Crippen LogP contribution is -2.31. The van der Waals surface area contributed by atoms with Crippen molar-refractivity contribution in [2.75, 3.05) is 26.9 Å². The number of amides is 1. The molecule has 0 aliphatic carbocycles. The Morgan fingerprint density at radius 1 is 1.19 bits per heavy atom. The molecule has 0 aliphatic rings. The summed E-state index contributed by atoms with van der Waals surface area (Å²) < 4.78 is 11.3. The first-order chi connectivity index (χ1) is 12.7. The Bertz CT molecular complexity index is 759. The van der Waals surface area contributed by atoms with E-state index in [0.29, 0.717) is 42.1 Å². The molecule has 0 radical (unpaired) electrons. The van der Waals surface area contributed by atoms with E-state index in [1.165, 1.54) is 0 Å². The zero-order valence-electron chi connectivity index (χ0n) is 14.7. The summed E-state index contributed by atoms with van der Waals surface area (Å²) in [4.78, 5) is 14.6. The number of hydrogen-bond donors (Lipinski definition) is 0. The Balaban J connectivity index is 2.14. The molecule has 0 saturated heterocycles. The third kappa shape index (κ3) is 5.87. The molecule has 0 aromatic heterocycles. The molecule has 0 bridgehead atoms. The van der Waals surface area contributed by atoms with E-state index >= 15 is 0 Å². The SMILES string of the molecule is COCCOc1ccc(C(=O)N(CCC#N)Cc2ccccc2)cc1Br. The lowest BCUT2D eigenvalue weighted by molar-refractivity contribution is 0.0746.